The van der Waals surface area contributed by atoms with Crippen molar-refractivity contribution >= 4 is 27.8 Å². The molecule has 0 atom stereocenters. The van der Waals surface area contributed by atoms with Crippen LogP contribution in [0.25, 0.3) is 66.4 Å². The van der Waals surface area contributed by atoms with Crippen LogP contribution >= 0.6 is 0 Å². The number of hydrogen-bond acceptors (Lipinski definition) is 1. The molecule has 2 aliphatic rings. The van der Waals surface area contributed by atoms with E-state index in [9.17, 15) is 0 Å². The van der Waals surface area contributed by atoms with Crippen molar-refractivity contribution < 1.29 is 0 Å². The van der Waals surface area contributed by atoms with E-state index in [0.717, 1.165) is 17.1 Å². The van der Waals surface area contributed by atoms with Crippen molar-refractivity contribution in [1.29, 1.82) is 0 Å². The molecule has 1 fully saturated rings. The van der Waals surface area contributed by atoms with Crippen molar-refractivity contribution in [3.05, 3.63) is 223 Å². The molecule has 0 heterocycles. The molecule has 9 aromatic carbocycles. The molecule has 1 heteroatoms. The van der Waals surface area contributed by atoms with Crippen molar-refractivity contribution in [3.63, 3.8) is 0 Å². The quantitative estimate of drug-likeness (QED) is 0.148. The van der Waals surface area contributed by atoms with Crippen LogP contribution in [0.1, 0.15) is 68.6 Å². The molecule has 1 nitrogen and oxygen atoms in total. The van der Waals surface area contributed by atoms with Gasteiger partial charge in [0.25, 0.3) is 0 Å². The zero-order valence-electron chi connectivity index (χ0n) is 35.7. The van der Waals surface area contributed by atoms with Gasteiger partial charge in [0.05, 0.1) is 11.4 Å². The summed E-state index contributed by atoms with van der Waals surface area (Å²) in [6, 6.07) is 77.0. The molecule has 2 aliphatic carbocycles. The molecular formula is C61H51N. The van der Waals surface area contributed by atoms with Crippen LogP contribution in [0.2, 0.25) is 0 Å². The maximum atomic E-state index is 2.54. The van der Waals surface area contributed by atoms with Crippen LogP contribution in [-0.4, -0.2) is 0 Å². The van der Waals surface area contributed by atoms with Gasteiger partial charge < -0.3 is 4.90 Å². The molecule has 0 aromatic heterocycles. The lowest BCUT2D eigenvalue weighted by Gasteiger charge is -2.31. The highest BCUT2D eigenvalue weighted by atomic mass is 15.1. The van der Waals surface area contributed by atoms with E-state index in [0.29, 0.717) is 5.92 Å². The molecule has 0 amide bonds. The van der Waals surface area contributed by atoms with Crippen LogP contribution in [0.3, 0.4) is 0 Å². The summed E-state index contributed by atoms with van der Waals surface area (Å²) < 4.78 is 0. The maximum absolute atomic E-state index is 2.54. The number of para-hydroxylation sites is 1. The first-order valence-electron chi connectivity index (χ1n) is 22.5. The van der Waals surface area contributed by atoms with E-state index >= 15 is 0 Å². The Morgan fingerprint density at radius 1 is 0.403 bits per heavy atom. The first-order valence-corrected chi connectivity index (χ1v) is 22.5. The molecule has 300 valence electrons. The predicted molar refractivity (Wildman–Crippen MR) is 264 cm³/mol. The number of hydrogen-bond donors (Lipinski definition) is 0. The average molecular weight is 798 g/mol. The van der Waals surface area contributed by atoms with Crippen LogP contribution < -0.4 is 4.90 Å². The Morgan fingerprint density at radius 2 is 1.00 bits per heavy atom. The van der Waals surface area contributed by atoms with Gasteiger partial charge in [0.2, 0.25) is 0 Å². The van der Waals surface area contributed by atoms with Gasteiger partial charge in [-0.3, -0.25) is 0 Å². The third-order valence-electron chi connectivity index (χ3n) is 13.8. The summed E-state index contributed by atoms with van der Waals surface area (Å²) in [4.78, 5) is 2.54. The van der Waals surface area contributed by atoms with Crippen LogP contribution in [0.4, 0.5) is 17.1 Å². The number of rotatable bonds is 8. The Bertz CT molecular complexity index is 3070. The van der Waals surface area contributed by atoms with Gasteiger partial charge in [0, 0.05) is 22.2 Å². The van der Waals surface area contributed by atoms with E-state index in [-0.39, 0.29) is 5.41 Å². The monoisotopic (exact) mass is 797 g/mol. The lowest BCUT2D eigenvalue weighted by Crippen LogP contribution is -2.16. The highest BCUT2D eigenvalue weighted by Crippen LogP contribution is 2.53. The minimum atomic E-state index is -0.136. The molecular weight excluding hydrogens is 747 g/mol. The molecule has 0 spiro atoms. The molecule has 9 aromatic rings. The molecule has 1 saturated carbocycles. The first-order chi connectivity index (χ1) is 30.5. The van der Waals surface area contributed by atoms with Crippen molar-refractivity contribution in [2.24, 2.45) is 0 Å². The van der Waals surface area contributed by atoms with Crippen LogP contribution in [0.15, 0.2) is 206 Å². The van der Waals surface area contributed by atoms with Gasteiger partial charge in [0.1, 0.15) is 0 Å². The van der Waals surface area contributed by atoms with E-state index in [2.05, 4.69) is 225 Å². The Hall–Kier alpha value is -6.96. The SMILES string of the molecule is CC1(C)c2ccccc2-c2cccc(-c3cccc(N(c4ccc(-c5ccccc5)cc4-c4ccccc4)c4ccccc4-c4cccc5cccc(C6CCCCC6)c45)c3)c21. The van der Waals surface area contributed by atoms with Gasteiger partial charge in [-0.1, -0.05) is 209 Å². The second kappa shape index (κ2) is 15.8. The molecule has 0 aliphatic heterocycles. The lowest BCUT2D eigenvalue weighted by molar-refractivity contribution is 0.445. The van der Waals surface area contributed by atoms with Crippen molar-refractivity contribution in [1.82, 2.24) is 0 Å². The van der Waals surface area contributed by atoms with Crippen molar-refractivity contribution in [3.8, 4) is 55.6 Å². The lowest BCUT2D eigenvalue weighted by atomic mass is 9.79. The zero-order chi connectivity index (χ0) is 41.6. The smallest absolute Gasteiger partial charge is 0.0540 e. The van der Waals surface area contributed by atoms with Gasteiger partial charge in [-0.15, -0.1) is 0 Å². The maximum Gasteiger partial charge on any atom is 0.0540 e. The zero-order valence-corrected chi connectivity index (χ0v) is 35.7. The summed E-state index contributed by atoms with van der Waals surface area (Å²) in [6.07, 6.45) is 6.46. The van der Waals surface area contributed by atoms with Crippen LogP contribution in [-0.2, 0) is 5.41 Å². The predicted octanol–water partition coefficient (Wildman–Crippen LogP) is 17.3. The molecule has 0 N–H and O–H groups in total. The van der Waals surface area contributed by atoms with Gasteiger partial charge in [-0.05, 0) is 121 Å². The summed E-state index contributed by atoms with van der Waals surface area (Å²) in [6.45, 7) is 4.78. The Kier molecular flexibility index (Phi) is 9.69. The van der Waals surface area contributed by atoms with E-state index in [1.54, 1.807) is 0 Å². The molecule has 0 unspecified atom stereocenters. The Labute approximate surface area is 367 Å². The summed E-state index contributed by atoms with van der Waals surface area (Å²) in [5.74, 6) is 0.576. The summed E-state index contributed by atoms with van der Waals surface area (Å²) in [5.41, 5.74) is 20.1. The molecule has 11 rings (SSSR count). The Balaban J connectivity index is 1.17. The summed E-state index contributed by atoms with van der Waals surface area (Å²) in [5, 5.41) is 2.71. The van der Waals surface area contributed by atoms with Gasteiger partial charge in [-0.25, -0.2) is 0 Å². The van der Waals surface area contributed by atoms with Crippen LogP contribution in [0.5, 0.6) is 0 Å². The largest absolute Gasteiger partial charge is 0.309 e. The topological polar surface area (TPSA) is 3.24 Å². The number of fused-ring (bicyclic) bond motifs is 4. The van der Waals surface area contributed by atoms with Gasteiger partial charge >= 0.3 is 0 Å². The number of benzene rings is 9. The normalized spacial score (nSPS) is 14.4. The van der Waals surface area contributed by atoms with Gasteiger partial charge in [0.15, 0.2) is 0 Å². The fourth-order valence-corrected chi connectivity index (χ4v) is 10.9. The van der Waals surface area contributed by atoms with E-state index in [1.165, 1.54) is 115 Å². The third kappa shape index (κ3) is 6.55. The van der Waals surface area contributed by atoms with Crippen molar-refractivity contribution in [2.75, 3.05) is 4.90 Å². The van der Waals surface area contributed by atoms with Gasteiger partial charge in [-0.2, -0.15) is 0 Å². The highest BCUT2D eigenvalue weighted by molar-refractivity contribution is 6.04. The second-order valence-corrected chi connectivity index (χ2v) is 17.9. The highest BCUT2D eigenvalue weighted by Gasteiger charge is 2.37. The minimum absolute atomic E-state index is 0.136. The fraction of sp³-hybridized carbons (Fsp3) is 0.148. The number of anilines is 3. The molecule has 62 heavy (non-hydrogen) atoms. The first kappa shape index (κ1) is 38.0. The van der Waals surface area contributed by atoms with E-state index < -0.39 is 0 Å². The Morgan fingerprint density at radius 3 is 1.81 bits per heavy atom. The minimum Gasteiger partial charge on any atom is -0.309 e. The standard InChI is InChI=1S/C61H51N/c1-61(2)56-36-14-12-30-51(56)54-35-19-33-50(60(54)61)47-28-16-29-48(40-47)62(58-39-38-46(42-20-6-3-7-21-42)41-55(58)44-24-10-5-11-25-44)57-37-15-13-31-52(57)53-34-18-27-45-26-17-32-49(59(45)53)43-22-8-4-9-23-43/h3,5-7,10-21,24-41,43H,4,8-9,22-23H2,1-2H3. The van der Waals surface area contributed by atoms with E-state index in [1.807, 2.05) is 0 Å². The molecule has 0 saturated heterocycles. The molecule has 0 radical (unpaired) electrons. The second-order valence-electron chi connectivity index (χ2n) is 17.9. The van der Waals surface area contributed by atoms with Crippen LogP contribution in [0, 0.1) is 0 Å². The van der Waals surface area contributed by atoms with Crippen molar-refractivity contribution in [2.45, 2.75) is 57.3 Å². The van der Waals surface area contributed by atoms with E-state index in [4.69, 9.17) is 0 Å². The third-order valence-corrected chi connectivity index (χ3v) is 13.8. The summed E-state index contributed by atoms with van der Waals surface area (Å²) in [7, 11) is 0. The molecule has 0 bridgehead atoms. The fourth-order valence-electron chi connectivity index (χ4n) is 10.9. The summed E-state index contributed by atoms with van der Waals surface area (Å²) >= 11 is 0. The average Bonchev–Trinajstić information content (AvgIpc) is 3.58. The number of nitrogens with zero attached hydrogens (tertiary/aromatic N) is 1.